The molecule has 0 bridgehead atoms. The molecule has 0 saturated heterocycles. The minimum Gasteiger partial charge on any atom is -0.322 e. The lowest BCUT2D eigenvalue weighted by Crippen LogP contribution is -2.40. The van der Waals surface area contributed by atoms with Crippen LogP contribution in [0.15, 0.2) is 79.6 Å². The van der Waals surface area contributed by atoms with Crippen molar-refractivity contribution in [3.8, 4) is 0 Å². The molecule has 4 aromatic rings. The molecule has 1 aliphatic heterocycles. The Morgan fingerprint density at radius 2 is 1.92 bits per heavy atom. The molecule has 0 spiro atoms. The summed E-state index contributed by atoms with van der Waals surface area (Å²) in [5.41, 5.74) is 2.52. The highest BCUT2D eigenvalue weighted by Crippen LogP contribution is 2.35. The smallest absolute Gasteiger partial charge is 0.322 e. The highest BCUT2D eigenvalue weighted by Gasteiger charge is 2.32. The van der Waals surface area contributed by atoms with Gasteiger partial charge in [0.2, 0.25) is 11.9 Å². The maximum absolute atomic E-state index is 14.2. The molecule has 10 nitrogen and oxygen atoms in total. The van der Waals surface area contributed by atoms with Gasteiger partial charge in [-0.2, -0.15) is 9.37 Å². The molecule has 3 heterocycles. The normalized spacial score (nSPS) is 13.1. The summed E-state index contributed by atoms with van der Waals surface area (Å²) in [6.45, 7) is 3.87. The van der Waals surface area contributed by atoms with Gasteiger partial charge in [0.15, 0.2) is 0 Å². The van der Waals surface area contributed by atoms with Crippen molar-refractivity contribution in [2.24, 2.45) is 7.05 Å². The molecule has 5 rings (SSSR count). The van der Waals surface area contributed by atoms with E-state index in [2.05, 4.69) is 32.3 Å². The van der Waals surface area contributed by atoms with E-state index in [-0.39, 0.29) is 23.6 Å². The number of fused-ring (bicyclic) bond motifs is 1. The second-order valence-electron chi connectivity index (χ2n) is 8.27. The number of carbonyl (C=O) groups excluding carboxylic acids is 2. The first-order chi connectivity index (χ1) is 17.9. The number of benzene rings is 2. The summed E-state index contributed by atoms with van der Waals surface area (Å²) in [6, 6.07) is 15.8. The van der Waals surface area contributed by atoms with Crippen molar-refractivity contribution in [2.75, 3.05) is 27.0 Å². The third-order valence-electron chi connectivity index (χ3n) is 5.74. The molecular weight excluding hydrogens is 475 g/mol. The zero-order chi connectivity index (χ0) is 25.9. The van der Waals surface area contributed by atoms with E-state index in [0.29, 0.717) is 30.2 Å². The largest absolute Gasteiger partial charge is 0.334 e. The number of anilines is 6. The molecule has 2 aromatic heterocycles. The molecule has 186 valence electrons. The number of hydrogen-bond donors (Lipinski definition) is 2. The molecule has 0 fully saturated rings. The van der Waals surface area contributed by atoms with Crippen molar-refractivity contribution in [3.05, 3.63) is 91.2 Å². The molecule has 0 aliphatic carbocycles. The third kappa shape index (κ3) is 4.87. The van der Waals surface area contributed by atoms with Gasteiger partial charge in [0.1, 0.15) is 11.5 Å². The van der Waals surface area contributed by atoms with Crippen LogP contribution in [0.4, 0.5) is 43.7 Å². The molecule has 2 N–H and O–H groups in total. The van der Waals surface area contributed by atoms with Crippen molar-refractivity contribution in [2.45, 2.75) is 6.42 Å². The highest BCUT2D eigenvalue weighted by atomic mass is 19.1. The fourth-order valence-electron chi connectivity index (χ4n) is 4.03. The molecule has 2 aromatic carbocycles. The van der Waals surface area contributed by atoms with Crippen molar-refractivity contribution in [3.63, 3.8) is 0 Å². The van der Waals surface area contributed by atoms with Crippen LogP contribution in [-0.2, 0) is 18.3 Å². The number of nitrogens with one attached hydrogen (secondary N) is 2. The lowest BCUT2D eigenvalue weighted by atomic mass is 10.2. The molecule has 37 heavy (non-hydrogen) atoms. The monoisotopic (exact) mass is 498 g/mol. The van der Waals surface area contributed by atoms with Gasteiger partial charge in [-0.05, 0) is 42.8 Å². The summed E-state index contributed by atoms with van der Waals surface area (Å²) < 4.78 is 15.5. The van der Waals surface area contributed by atoms with Crippen LogP contribution in [0.1, 0.15) is 5.56 Å². The van der Waals surface area contributed by atoms with Gasteiger partial charge in [0, 0.05) is 36.7 Å². The lowest BCUT2D eigenvalue weighted by molar-refractivity contribution is -0.111. The Kier molecular flexibility index (Phi) is 6.33. The van der Waals surface area contributed by atoms with Gasteiger partial charge in [-0.25, -0.2) is 14.7 Å². The number of halogens is 1. The van der Waals surface area contributed by atoms with Gasteiger partial charge in [0.25, 0.3) is 5.95 Å². The Balaban J connectivity index is 1.60. The van der Waals surface area contributed by atoms with Gasteiger partial charge in [-0.1, -0.05) is 30.8 Å². The van der Waals surface area contributed by atoms with Gasteiger partial charge >= 0.3 is 6.03 Å². The molecule has 3 amide bonds. The van der Waals surface area contributed by atoms with Gasteiger partial charge < -0.3 is 10.6 Å². The second kappa shape index (κ2) is 9.90. The minimum absolute atomic E-state index is 0.104. The number of aryl methyl sites for hydroxylation is 1. The number of para-hydroxylation sites is 1. The van der Waals surface area contributed by atoms with E-state index >= 15 is 0 Å². The Morgan fingerprint density at radius 3 is 2.65 bits per heavy atom. The number of carbonyl (C=O) groups is 2. The summed E-state index contributed by atoms with van der Waals surface area (Å²) >= 11 is 0. The van der Waals surface area contributed by atoms with E-state index < -0.39 is 5.95 Å². The molecule has 0 radical (unpaired) electrons. The fraction of sp³-hybridized carbons (Fsp3) is 0.115. The Bertz CT molecular complexity index is 1490. The first-order valence-corrected chi connectivity index (χ1v) is 11.4. The summed E-state index contributed by atoms with van der Waals surface area (Å²) in [7, 11) is 1.60. The summed E-state index contributed by atoms with van der Waals surface area (Å²) in [5.74, 6) is -0.627. The number of nitrogens with zero attached hydrogens (tertiary/aromatic N) is 6. The molecule has 0 atom stereocenters. The molecule has 0 unspecified atom stereocenters. The highest BCUT2D eigenvalue weighted by molar-refractivity contribution is 6.09. The topological polar surface area (TPSA) is 108 Å². The number of urea groups is 1. The Hall–Kier alpha value is -5.06. The summed E-state index contributed by atoms with van der Waals surface area (Å²) in [6.07, 6.45) is 4.74. The number of hydrogen-bond acceptors (Lipinski definition) is 6. The van der Waals surface area contributed by atoms with E-state index in [1.54, 1.807) is 42.4 Å². The molecule has 0 saturated carbocycles. The Labute approximate surface area is 212 Å². The van der Waals surface area contributed by atoms with Crippen molar-refractivity contribution in [1.29, 1.82) is 0 Å². The minimum atomic E-state index is -0.699. The third-order valence-corrected chi connectivity index (χ3v) is 5.74. The standard InChI is InChI=1S/C26H23FN8O2/c1-3-22(36)29-18-8-7-11-20(14-18)35-24-17(12-13-34(26(35)37)19-9-5-4-6-10-19)15-28-25(31-24)30-21-16-33(2)32-23(21)27/h3-11,14-16H,1,12-13H2,2H3,(H,29,36)(H,28,30,31). The van der Waals surface area contributed by atoms with Gasteiger partial charge in [0.05, 0.1) is 11.9 Å². The lowest BCUT2D eigenvalue weighted by Gasteiger charge is -2.28. The first-order valence-electron chi connectivity index (χ1n) is 11.4. The van der Waals surface area contributed by atoms with E-state index in [9.17, 15) is 14.0 Å². The van der Waals surface area contributed by atoms with E-state index in [4.69, 9.17) is 0 Å². The van der Waals surface area contributed by atoms with Crippen LogP contribution < -0.4 is 20.4 Å². The maximum Gasteiger partial charge on any atom is 0.334 e. The maximum atomic E-state index is 14.2. The molecular formula is C26H23FN8O2. The van der Waals surface area contributed by atoms with Crippen LogP contribution in [0.3, 0.4) is 0 Å². The molecule has 11 heteroatoms. The quantitative estimate of drug-likeness (QED) is 0.378. The number of aromatic nitrogens is 4. The van der Waals surface area contributed by atoms with Crippen LogP contribution in [-0.4, -0.2) is 38.2 Å². The number of amides is 3. The average molecular weight is 499 g/mol. The average Bonchev–Trinajstić information content (AvgIpc) is 3.13. The van der Waals surface area contributed by atoms with Crippen molar-refractivity contribution < 1.29 is 14.0 Å². The predicted molar refractivity (Wildman–Crippen MR) is 139 cm³/mol. The predicted octanol–water partition coefficient (Wildman–Crippen LogP) is 4.54. The summed E-state index contributed by atoms with van der Waals surface area (Å²) in [4.78, 5) is 38.0. The molecule has 1 aliphatic rings. The SMILES string of the molecule is C=CC(=O)Nc1cccc(N2C(=O)N(c3ccccc3)CCc3cnc(Nc4cn(C)nc4F)nc32)c1. The van der Waals surface area contributed by atoms with Crippen LogP contribution in [0.2, 0.25) is 0 Å². The second-order valence-corrected chi connectivity index (χ2v) is 8.27. The van der Waals surface area contributed by atoms with Crippen molar-refractivity contribution >= 4 is 46.5 Å². The van der Waals surface area contributed by atoms with Crippen LogP contribution in [0.25, 0.3) is 0 Å². The van der Waals surface area contributed by atoms with Crippen LogP contribution in [0.5, 0.6) is 0 Å². The van der Waals surface area contributed by atoms with Crippen molar-refractivity contribution in [1.82, 2.24) is 19.7 Å². The first kappa shape index (κ1) is 23.7. The van der Waals surface area contributed by atoms with Gasteiger partial charge in [-0.15, -0.1) is 5.10 Å². The van der Waals surface area contributed by atoms with Gasteiger partial charge in [-0.3, -0.25) is 14.4 Å². The number of rotatable bonds is 6. The van der Waals surface area contributed by atoms with E-state index in [1.807, 2.05) is 30.3 Å². The Morgan fingerprint density at radius 1 is 1.14 bits per heavy atom. The van der Waals surface area contributed by atoms with E-state index in [1.165, 1.54) is 21.9 Å². The summed E-state index contributed by atoms with van der Waals surface area (Å²) in [5, 5.41) is 9.24. The zero-order valence-corrected chi connectivity index (χ0v) is 19.9. The van der Waals surface area contributed by atoms with Crippen LogP contribution in [0, 0.1) is 5.95 Å². The van der Waals surface area contributed by atoms with E-state index in [0.717, 1.165) is 11.3 Å². The fourth-order valence-corrected chi connectivity index (χ4v) is 4.03. The zero-order valence-electron chi connectivity index (χ0n) is 19.9. The van der Waals surface area contributed by atoms with Crippen LogP contribution >= 0.6 is 0 Å².